The highest BCUT2D eigenvalue weighted by Crippen LogP contribution is 2.23. The molecule has 1 aliphatic rings. The van der Waals surface area contributed by atoms with E-state index in [0.717, 1.165) is 29.5 Å². The third kappa shape index (κ3) is 5.55. The maximum absolute atomic E-state index is 12.8. The molecule has 0 aliphatic carbocycles. The van der Waals surface area contributed by atoms with Gasteiger partial charge in [0.15, 0.2) is 5.96 Å². The number of benzene rings is 1. The molecular weight excluding hydrogens is 394 g/mol. The van der Waals surface area contributed by atoms with Crippen LogP contribution in [0.5, 0.6) is 5.75 Å². The van der Waals surface area contributed by atoms with Crippen LogP contribution in [0.25, 0.3) is 0 Å². The number of hydrogen-bond acceptors (Lipinski definition) is 5. The molecule has 1 aliphatic heterocycles. The van der Waals surface area contributed by atoms with E-state index >= 15 is 0 Å². The lowest BCUT2D eigenvalue weighted by Crippen LogP contribution is -2.55. The number of carbonyl (C=O) groups is 1. The lowest BCUT2D eigenvalue weighted by atomic mass is 10.1. The van der Waals surface area contributed by atoms with Crippen molar-refractivity contribution in [2.45, 2.75) is 13.0 Å². The lowest BCUT2D eigenvalue weighted by molar-refractivity contribution is -0.120. The van der Waals surface area contributed by atoms with Crippen molar-refractivity contribution >= 4 is 17.6 Å². The van der Waals surface area contributed by atoms with Crippen LogP contribution in [0.3, 0.4) is 0 Å². The monoisotopic (exact) mass is 427 g/mol. The second-order valence-electron chi connectivity index (χ2n) is 7.79. The molecule has 0 radical (unpaired) electrons. The molecule has 31 heavy (non-hydrogen) atoms. The van der Waals surface area contributed by atoms with Gasteiger partial charge in [0.25, 0.3) is 0 Å². The Morgan fingerprint density at radius 2 is 2.16 bits per heavy atom. The van der Waals surface area contributed by atoms with Crippen molar-refractivity contribution in [2.75, 3.05) is 58.8 Å². The average molecular weight is 428 g/mol. The molecule has 9 nitrogen and oxygen atoms in total. The molecule has 1 N–H and O–H groups in total. The van der Waals surface area contributed by atoms with Crippen LogP contribution in [0.1, 0.15) is 18.5 Å². The molecule has 0 bridgehead atoms. The standard InChI is InChI=1S/C22H33N7O2/c1-6-23-22(24-14-20(26(2)3)17-8-7-9-19(12-17)31-5)28-10-11-29(21(30)16-28)18-13-25-27(4)15-18/h7-9,12-13,15,20H,6,10-11,14,16H2,1-5H3,(H,23,24). The van der Waals surface area contributed by atoms with Gasteiger partial charge in [-0.25, -0.2) is 0 Å². The fourth-order valence-electron chi connectivity index (χ4n) is 3.69. The first kappa shape index (κ1) is 22.6. The van der Waals surface area contributed by atoms with Crippen molar-refractivity contribution in [3.8, 4) is 5.75 Å². The number of rotatable bonds is 7. The highest BCUT2D eigenvalue weighted by atomic mass is 16.5. The van der Waals surface area contributed by atoms with E-state index in [2.05, 4.69) is 21.4 Å². The quantitative estimate of drug-likeness (QED) is 0.531. The van der Waals surface area contributed by atoms with Crippen LogP contribution in [0, 0.1) is 0 Å². The summed E-state index contributed by atoms with van der Waals surface area (Å²) >= 11 is 0. The Hall–Kier alpha value is -3.07. The second-order valence-corrected chi connectivity index (χ2v) is 7.79. The predicted molar refractivity (Wildman–Crippen MR) is 123 cm³/mol. The first-order valence-corrected chi connectivity index (χ1v) is 10.6. The van der Waals surface area contributed by atoms with Gasteiger partial charge < -0.3 is 24.8 Å². The molecule has 1 atom stereocenters. The number of nitrogens with one attached hydrogen (secondary N) is 1. The summed E-state index contributed by atoms with van der Waals surface area (Å²) in [4.78, 5) is 23.6. The van der Waals surface area contributed by atoms with E-state index in [1.165, 1.54) is 0 Å². The van der Waals surface area contributed by atoms with Crippen LogP contribution in [0.2, 0.25) is 0 Å². The van der Waals surface area contributed by atoms with Crippen molar-refractivity contribution in [3.63, 3.8) is 0 Å². The summed E-state index contributed by atoms with van der Waals surface area (Å²) in [6, 6.07) is 8.17. The number of aryl methyl sites for hydroxylation is 1. The number of ether oxygens (including phenoxy) is 1. The molecule has 0 saturated carbocycles. The Kier molecular flexibility index (Phi) is 7.51. The summed E-state index contributed by atoms with van der Waals surface area (Å²) in [6.45, 7) is 4.93. The van der Waals surface area contributed by atoms with E-state index in [9.17, 15) is 4.79 Å². The Morgan fingerprint density at radius 3 is 2.77 bits per heavy atom. The molecule has 1 aromatic heterocycles. The Bertz CT molecular complexity index is 909. The Labute approximate surface area is 184 Å². The molecule has 3 rings (SSSR count). The van der Waals surface area contributed by atoms with E-state index in [1.807, 2.05) is 57.4 Å². The number of hydrogen-bond donors (Lipinski definition) is 1. The Morgan fingerprint density at radius 1 is 1.35 bits per heavy atom. The molecule has 168 valence electrons. The summed E-state index contributed by atoms with van der Waals surface area (Å²) < 4.78 is 7.09. The first-order valence-electron chi connectivity index (χ1n) is 10.6. The van der Waals surface area contributed by atoms with Crippen molar-refractivity contribution in [3.05, 3.63) is 42.2 Å². The van der Waals surface area contributed by atoms with Crippen LogP contribution in [-0.2, 0) is 11.8 Å². The van der Waals surface area contributed by atoms with Gasteiger partial charge in [-0.05, 0) is 38.7 Å². The second kappa shape index (κ2) is 10.3. The number of guanidine groups is 1. The van der Waals surface area contributed by atoms with Gasteiger partial charge >= 0.3 is 0 Å². The zero-order valence-corrected chi connectivity index (χ0v) is 19.1. The maximum Gasteiger partial charge on any atom is 0.246 e. The van der Waals surface area contributed by atoms with Crippen molar-refractivity contribution in [1.29, 1.82) is 0 Å². The van der Waals surface area contributed by atoms with Crippen LogP contribution in [0.4, 0.5) is 5.69 Å². The number of anilines is 1. The normalized spacial score (nSPS) is 16.1. The summed E-state index contributed by atoms with van der Waals surface area (Å²) in [5.74, 6) is 1.63. The zero-order valence-electron chi connectivity index (χ0n) is 19.1. The molecule has 0 spiro atoms. The highest BCUT2D eigenvalue weighted by molar-refractivity contribution is 5.98. The fraction of sp³-hybridized carbons (Fsp3) is 0.500. The van der Waals surface area contributed by atoms with Gasteiger partial charge in [0.2, 0.25) is 5.91 Å². The number of methoxy groups -OCH3 is 1. The molecule has 1 fully saturated rings. The summed E-state index contributed by atoms with van der Waals surface area (Å²) in [6.07, 6.45) is 3.59. The van der Waals surface area contributed by atoms with Crippen molar-refractivity contribution in [1.82, 2.24) is 24.9 Å². The Balaban J connectivity index is 1.73. The van der Waals surface area contributed by atoms with Gasteiger partial charge in [-0.15, -0.1) is 0 Å². The van der Waals surface area contributed by atoms with E-state index in [1.54, 1.807) is 22.9 Å². The molecular formula is C22H33N7O2. The van der Waals surface area contributed by atoms with Gasteiger partial charge in [0.05, 0.1) is 31.6 Å². The van der Waals surface area contributed by atoms with Crippen LogP contribution in [0.15, 0.2) is 41.7 Å². The van der Waals surface area contributed by atoms with Gasteiger partial charge in [-0.1, -0.05) is 12.1 Å². The highest BCUT2D eigenvalue weighted by Gasteiger charge is 2.28. The van der Waals surface area contributed by atoms with Crippen LogP contribution >= 0.6 is 0 Å². The number of carbonyl (C=O) groups excluding carboxylic acids is 1. The van der Waals surface area contributed by atoms with E-state index in [0.29, 0.717) is 19.6 Å². The molecule has 9 heteroatoms. The summed E-state index contributed by atoms with van der Waals surface area (Å²) in [5.41, 5.74) is 1.97. The minimum absolute atomic E-state index is 0.0433. The zero-order chi connectivity index (χ0) is 22.4. The van der Waals surface area contributed by atoms with Crippen LogP contribution < -0.4 is 15.0 Å². The largest absolute Gasteiger partial charge is 0.497 e. The third-order valence-electron chi connectivity index (χ3n) is 5.37. The van der Waals surface area contributed by atoms with Gasteiger partial charge in [-0.3, -0.25) is 14.5 Å². The van der Waals surface area contributed by atoms with E-state index < -0.39 is 0 Å². The molecule has 1 unspecified atom stereocenters. The SMILES string of the molecule is CCNC(=NCC(c1cccc(OC)c1)N(C)C)N1CCN(c2cnn(C)c2)C(=O)C1. The van der Waals surface area contributed by atoms with Gasteiger partial charge in [0.1, 0.15) is 12.3 Å². The van der Waals surface area contributed by atoms with E-state index in [4.69, 9.17) is 9.73 Å². The van der Waals surface area contributed by atoms with Gasteiger partial charge in [0, 0.05) is 32.9 Å². The minimum Gasteiger partial charge on any atom is -0.497 e. The van der Waals surface area contributed by atoms with E-state index in [-0.39, 0.29) is 18.5 Å². The topological polar surface area (TPSA) is 78.2 Å². The first-order chi connectivity index (χ1) is 14.9. The van der Waals surface area contributed by atoms with Crippen LogP contribution in [-0.4, -0.2) is 85.4 Å². The number of nitrogens with zero attached hydrogens (tertiary/aromatic N) is 6. The predicted octanol–water partition coefficient (Wildman–Crippen LogP) is 1.35. The number of piperazine rings is 1. The molecule has 1 amide bonds. The average Bonchev–Trinajstić information content (AvgIpc) is 3.19. The number of aliphatic imine (C=N–C) groups is 1. The minimum atomic E-state index is 0.0433. The summed E-state index contributed by atoms with van der Waals surface area (Å²) in [7, 11) is 7.61. The lowest BCUT2D eigenvalue weighted by Gasteiger charge is -2.35. The molecule has 2 aromatic rings. The van der Waals surface area contributed by atoms with Crippen molar-refractivity contribution < 1.29 is 9.53 Å². The number of likely N-dealkylation sites (N-methyl/N-ethyl adjacent to an activating group) is 1. The fourth-order valence-corrected chi connectivity index (χ4v) is 3.69. The maximum atomic E-state index is 12.8. The number of amides is 1. The third-order valence-corrected chi connectivity index (χ3v) is 5.37. The van der Waals surface area contributed by atoms with Gasteiger partial charge in [-0.2, -0.15) is 5.10 Å². The molecule has 1 aromatic carbocycles. The summed E-state index contributed by atoms with van der Waals surface area (Å²) in [5, 5.41) is 7.52. The number of aromatic nitrogens is 2. The smallest absolute Gasteiger partial charge is 0.246 e. The molecule has 1 saturated heterocycles. The van der Waals surface area contributed by atoms with Crippen molar-refractivity contribution in [2.24, 2.45) is 12.0 Å². The molecule has 2 heterocycles.